The van der Waals surface area contributed by atoms with Crippen LogP contribution in [0.2, 0.25) is 0 Å². The number of hydrogen-bond acceptors (Lipinski definition) is 1. The zero-order valence-corrected chi connectivity index (χ0v) is 14.0. The van der Waals surface area contributed by atoms with Crippen molar-refractivity contribution < 1.29 is 4.74 Å². The van der Waals surface area contributed by atoms with Crippen LogP contribution in [0.25, 0.3) is 6.08 Å². The van der Waals surface area contributed by atoms with E-state index in [0.29, 0.717) is 5.92 Å². The van der Waals surface area contributed by atoms with E-state index in [-0.39, 0.29) is 5.41 Å². The second kappa shape index (κ2) is 7.31. The van der Waals surface area contributed by atoms with Gasteiger partial charge in [-0.05, 0) is 35.6 Å². The summed E-state index contributed by atoms with van der Waals surface area (Å²) < 4.78 is 5.39. The average molecular weight is 294 g/mol. The van der Waals surface area contributed by atoms with Crippen LogP contribution in [0.1, 0.15) is 38.3 Å². The predicted molar refractivity (Wildman–Crippen MR) is 95.3 cm³/mol. The van der Waals surface area contributed by atoms with Crippen molar-refractivity contribution in [2.45, 2.75) is 32.6 Å². The number of ether oxygens (including phenoxy) is 1. The van der Waals surface area contributed by atoms with E-state index in [0.717, 1.165) is 12.2 Å². The lowest BCUT2D eigenvalue weighted by Gasteiger charge is -2.29. The van der Waals surface area contributed by atoms with Crippen molar-refractivity contribution >= 4 is 6.08 Å². The molecule has 1 atom stereocenters. The van der Waals surface area contributed by atoms with Crippen LogP contribution in [0.15, 0.2) is 60.7 Å². The van der Waals surface area contributed by atoms with Gasteiger partial charge in [-0.1, -0.05) is 75.4 Å². The molecule has 0 saturated heterocycles. The minimum atomic E-state index is -0.00144. The van der Waals surface area contributed by atoms with Gasteiger partial charge in [0.2, 0.25) is 0 Å². The van der Waals surface area contributed by atoms with Crippen LogP contribution in [-0.2, 0) is 5.41 Å². The summed E-state index contributed by atoms with van der Waals surface area (Å²) in [7, 11) is 1.72. The number of rotatable bonds is 6. The number of hydrogen-bond donors (Lipinski definition) is 0. The Morgan fingerprint density at radius 1 is 1.05 bits per heavy atom. The molecule has 0 unspecified atom stereocenters. The zero-order valence-electron chi connectivity index (χ0n) is 14.0. The third-order valence-corrected chi connectivity index (χ3v) is 4.00. The van der Waals surface area contributed by atoms with Gasteiger partial charge < -0.3 is 4.74 Å². The number of methoxy groups -OCH3 is 1. The van der Waals surface area contributed by atoms with Gasteiger partial charge in [0.1, 0.15) is 5.75 Å². The van der Waals surface area contributed by atoms with Crippen molar-refractivity contribution in [3.8, 4) is 5.75 Å². The first-order valence-electron chi connectivity index (χ1n) is 7.92. The van der Waals surface area contributed by atoms with Gasteiger partial charge in [-0.3, -0.25) is 0 Å². The first kappa shape index (κ1) is 16.4. The standard InChI is InChI=1S/C21H26O/c1-17(2)16-21(3,14-13-18-9-6-5-7-10-18)19-11-8-12-20(15-19)22-4/h5-15,17H,16H2,1-4H3/b14-13+/t21-/m1/s1. The molecule has 0 radical (unpaired) electrons. The third-order valence-electron chi connectivity index (χ3n) is 4.00. The van der Waals surface area contributed by atoms with Gasteiger partial charge in [-0.2, -0.15) is 0 Å². The lowest BCUT2D eigenvalue weighted by Crippen LogP contribution is -2.21. The molecule has 22 heavy (non-hydrogen) atoms. The molecule has 0 bridgehead atoms. The van der Waals surface area contributed by atoms with Crippen molar-refractivity contribution in [2.75, 3.05) is 7.11 Å². The third kappa shape index (κ3) is 4.24. The molecule has 0 N–H and O–H groups in total. The molecule has 0 amide bonds. The van der Waals surface area contributed by atoms with Crippen LogP contribution in [0.5, 0.6) is 5.75 Å². The largest absolute Gasteiger partial charge is 0.497 e. The van der Waals surface area contributed by atoms with Gasteiger partial charge in [0.15, 0.2) is 0 Å². The highest BCUT2D eigenvalue weighted by molar-refractivity contribution is 5.52. The van der Waals surface area contributed by atoms with E-state index in [1.165, 1.54) is 11.1 Å². The molecule has 0 aromatic heterocycles. The van der Waals surface area contributed by atoms with Crippen molar-refractivity contribution in [1.29, 1.82) is 0 Å². The Morgan fingerprint density at radius 3 is 2.41 bits per heavy atom. The fourth-order valence-electron chi connectivity index (χ4n) is 2.95. The van der Waals surface area contributed by atoms with Crippen molar-refractivity contribution in [3.05, 3.63) is 71.8 Å². The second-order valence-electron chi connectivity index (χ2n) is 6.49. The SMILES string of the molecule is COc1cccc([C@](C)(/C=C/c2ccccc2)CC(C)C)c1. The average Bonchev–Trinajstić information content (AvgIpc) is 2.53. The molecule has 0 aliphatic carbocycles. The summed E-state index contributed by atoms with van der Waals surface area (Å²) >= 11 is 0. The van der Waals surface area contributed by atoms with Crippen LogP contribution in [0.4, 0.5) is 0 Å². The van der Waals surface area contributed by atoms with E-state index in [1.807, 2.05) is 12.1 Å². The summed E-state index contributed by atoms with van der Waals surface area (Å²) in [4.78, 5) is 0. The highest BCUT2D eigenvalue weighted by Crippen LogP contribution is 2.34. The van der Waals surface area contributed by atoms with Crippen LogP contribution < -0.4 is 4.74 Å². The monoisotopic (exact) mass is 294 g/mol. The topological polar surface area (TPSA) is 9.23 Å². The van der Waals surface area contributed by atoms with E-state index in [4.69, 9.17) is 4.74 Å². The molecule has 0 aliphatic heterocycles. The molecular formula is C21H26O. The first-order valence-corrected chi connectivity index (χ1v) is 7.92. The van der Waals surface area contributed by atoms with E-state index < -0.39 is 0 Å². The molecule has 2 aromatic rings. The van der Waals surface area contributed by atoms with Gasteiger partial charge in [0, 0.05) is 5.41 Å². The molecular weight excluding hydrogens is 268 g/mol. The van der Waals surface area contributed by atoms with Crippen molar-refractivity contribution in [1.82, 2.24) is 0 Å². The Balaban J connectivity index is 2.36. The minimum Gasteiger partial charge on any atom is -0.497 e. The summed E-state index contributed by atoms with van der Waals surface area (Å²) in [6, 6.07) is 18.9. The second-order valence-corrected chi connectivity index (χ2v) is 6.49. The van der Waals surface area contributed by atoms with Gasteiger partial charge in [0.05, 0.1) is 7.11 Å². The van der Waals surface area contributed by atoms with Crippen LogP contribution >= 0.6 is 0 Å². The Kier molecular flexibility index (Phi) is 5.43. The fourth-order valence-corrected chi connectivity index (χ4v) is 2.95. The van der Waals surface area contributed by atoms with E-state index in [1.54, 1.807) is 7.11 Å². The fraction of sp³-hybridized carbons (Fsp3) is 0.333. The highest BCUT2D eigenvalue weighted by Gasteiger charge is 2.25. The Morgan fingerprint density at radius 2 is 1.77 bits per heavy atom. The first-order chi connectivity index (χ1) is 10.5. The quantitative estimate of drug-likeness (QED) is 0.662. The molecule has 1 heteroatoms. The Labute approximate surface area is 134 Å². The van der Waals surface area contributed by atoms with Crippen LogP contribution in [0.3, 0.4) is 0 Å². The lowest BCUT2D eigenvalue weighted by molar-refractivity contribution is 0.408. The van der Waals surface area contributed by atoms with Gasteiger partial charge in [0.25, 0.3) is 0 Å². The molecule has 0 heterocycles. The van der Waals surface area contributed by atoms with Gasteiger partial charge in [-0.25, -0.2) is 0 Å². The minimum absolute atomic E-state index is 0.00144. The zero-order chi connectivity index (χ0) is 16.0. The van der Waals surface area contributed by atoms with Crippen LogP contribution in [0, 0.1) is 5.92 Å². The number of allylic oxidation sites excluding steroid dienone is 1. The molecule has 0 spiro atoms. The summed E-state index contributed by atoms with van der Waals surface area (Å²) in [6.45, 7) is 6.85. The normalized spacial score (nSPS) is 14.2. The molecule has 2 rings (SSSR count). The molecule has 0 fully saturated rings. The summed E-state index contributed by atoms with van der Waals surface area (Å²) in [5.41, 5.74) is 2.53. The Bertz CT molecular complexity index is 613. The highest BCUT2D eigenvalue weighted by atomic mass is 16.5. The predicted octanol–water partition coefficient (Wildman–Crippen LogP) is 5.71. The molecule has 0 saturated carbocycles. The molecule has 1 nitrogen and oxygen atoms in total. The maximum absolute atomic E-state index is 5.39. The summed E-state index contributed by atoms with van der Waals surface area (Å²) in [6.07, 6.45) is 5.66. The van der Waals surface area contributed by atoms with E-state index in [2.05, 4.69) is 75.4 Å². The van der Waals surface area contributed by atoms with Crippen molar-refractivity contribution in [2.24, 2.45) is 5.92 Å². The molecule has 2 aromatic carbocycles. The summed E-state index contributed by atoms with van der Waals surface area (Å²) in [5.74, 6) is 1.54. The van der Waals surface area contributed by atoms with E-state index in [9.17, 15) is 0 Å². The maximum atomic E-state index is 5.39. The summed E-state index contributed by atoms with van der Waals surface area (Å²) in [5, 5.41) is 0. The maximum Gasteiger partial charge on any atom is 0.119 e. The van der Waals surface area contributed by atoms with Crippen molar-refractivity contribution in [3.63, 3.8) is 0 Å². The van der Waals surface area contributed by atoms with E-state index >= 15 is 0 Å². The molecule has 0 aliphatic rings. The number of benzene rings is 2. The lowest BCUT2D eigenvalue weighted by atomic mass is 9.75. The van der Waals surface area contributed by atoms with Gasteiger partial charge >= 0.3 is 0 Å². The smallest absolute Gasteiger partial charge is 0.119 e. The van der Waals surface area contributed by atoms with Gasteiger partial charge in [-0.15, -0.1) is 0 Å². The molecule has 116 valence electrons. The van der Waals surface area contributed by atoms with Crippen LogP contribution in [-0.4, -0.2) is 7.11 Å². The Hall–Kier alpha value is -2.02.